The molecule has 1 aromatic carbocycles. The lowest BCUT2D eigenvalue weighted by molar-refractivity contribution is 0.614. The van der Waals surface area contributed by atoms with Crippen LogP contribution in [-0.2, 0) is 6.42 Å². The minimum absolute atomic E-state index is 0.110. The Bertz CT molecular complexity index is 1060. The predicted octanol–water partition coefficient (Wildman–Crippen LogP) is 4.13. The van der Waals surface area contributed by atoms with Gasteiger partial charge in [-0.05, 0) is 48.6 Å². The summed E-state index contributed by atoms with van der Waals surface area (Å²) in [6.45, 7) is 6.90. The maximum absolute atomic E-state index is 14.1. The zero-order valence-electron chi connectivity index (χ0n) is 17.0. The Morgan fingerprint density at radius 1 is 1.38 bits per heavy atom. The van der Waals surface area contributed by atoms with Crippen molar-refractivity contribution >= 4 is 23.0 Å². The van der Waals surface area contributed by atoms with E-state index >= 15 is 0 Å². The van der Waals surface area contributed by atoms with E-state index in [1.54, 1.807) is 23.7 Å². The third kappa shape index (κ3) is 3.41. The van der Waals surface area contributed by atoms with Gasteiger partial charge in [-0.1, -0.05) is 26.0 Å². The summed E-state index contributed by atoms with van der Waals surface area (Å²) in [5.74, 6) is 1.30. The van der Waals surface area contributed by atoms with Crippen molar-refractivity contribution in [1.82, 2.24) is 14.6 Å². The molecule has 0 radical (unpaired) electrons. The quantitative estimate of drug-likeness (QED) is 0.658. The van der Waals surface area contributed by atoms with Crippen molar-refractivity contribution < 1.29 is 4.39 Å². The van der Waals surface area contributed by atoms with Crippen LogP contribution in [0.1, 0.15) is 48.9 Å². The van der Waals surface area contributed by atoms with E-state index in [0.717, 1.165) is 43.6 Å². The molecule has 1 aliphatic rings. The van der Waals surface area contributed by atoms with Crippen molar-refractivity contribution in [3.63, 3.8) is 0 Å². The molecule has 3 N–H and O–H groups in total. The van der Waals surface area contributed by atoms with Gasteiger partial charge in [-0.15, -0.1) is 5.10 Å². The van der Waals surface area contributed by atoms with Gasteiger partial charge in [-0.25, -0.2) is 13.9 Å². The molecule has 0 aliphatic carbocycles. The second-order valence-corrected chi connectivity index (χ2v) is 7.50. The maximum Gasteiger partial charge on any atom is 0.168 e. The molecule has 29 heavy (non-hydrogen) atoms. The van der Waals surface area contributed by atoms with Crippen LogP contribution >= 0.6 is 0 Å². The second kappa shape index (κ2) is 7.73. The normalized spacial score (nSPS) is 16.5. The molecule has 4 rings (SSSR count). The molecule has 2 aromatic heterocycles. The van der Waals surface area contributed by atoms with E-state index in [1.807, 2.05) is 18.3 Å². The number of anilines is 2. The number of rotatable bonds is 6. The molecule has 0 bridgehead atoms. The lowest BCUT2D eigenvalue weighted by Gasteiger charge is -2.28. The monoisotopic (exact) mass is 394 g/mol. The fraction of sp³-hybridized carbons (Fsp3) is 0.364. The smallest absolute Gasteiger partial charge is 0.168 e. The molecule has 152 valence electrons. The van der Waals surface area contributed by atoms with Crippen molar-refractivity contribution in [1.29, 1.82) is 0 Å². The largest absolute Gasteiger partial charge is 0.398 e. The van der Waals surface area contributed by atoms with E-state index in [4.69, 9.17) is 10.7 Å². The standard InChI is InChI=1S/C22H27FN6/c1-4-6-15-8-9-16(23)13-17(15)18-7-5-11-28(18)19-10-12-29-22(26-19)20(14(2)24)21(25-3)27-29/h8-10,12-13,18H,2,4-7,11,24H2,1,3H3,(H,25,27)/t18-/m1/s1. The van der Waals surface area contributed by atoms with Crippen molar-refractivity contribution in [2.24, 2.45) is 5.73 Å². The number of nitrogens with one attached hydrogen (secondary N) is 1. The highest BCUT2D eigenvalue weighted by Gasteiger charge is 2.29. The van der Waals surface area contributed by atoms with Gasteiger partial charge < -0.3 is 16.0 Å². The average molecular weight is 394 g/mol. The highest BCUT2D eigenvalue weighted by molar-refractivity contribution is 5.82. The van der Waals surface area contributed by atoms with Crippen molar-refractivity contribution in [2.75, 3.05) is 23.8 Å². The summed E-state index contributed by atoms with van der Waals surface area (Å²) in [6.07, 6.45) is 5.87. The number of hydrogen-bond acceptors (Lipinski definition) is 5. The van der Waals surface area contributed by atoms with Crippen LogP contribution in [0.3, 0.4) is 0 Å². The molecule has 0 saturated carbocycles. The van der Waals surface area contributed by atoms with Gasteiger partial charge in [0.1, 0.15) is 11.6 Å². The fourth-order valence-electron chi connectivity index (χ4n) is 4.29. The highest BCUT2D eigenvalue weighted by atomic mass is 19.1. The van der Waals surface area contributed by atoms with E-state index < -0.39 is 0 Å². The minimum atomic E-state index is -0.189. The highest BCUT2D eigenvalue weighted by Crippen LogP contribution is 2.38. The van der Waals surface area contributed by atoms with Gasteiger partial charge in [0.15, 0.2) is 11.5 Å². The number of nitrogens with zero attached hydrogens (tertiary/aromatic N) is 4. The van der Waals surface area contributed by atoms with Crippen LogP contribution in [0.5, 0.6) is 0 Å². The Hall–Kier alpha value is -3.09. The molecule has 1 saturated heterocycles. The van der Waals surface area contributed by atoms with Gasteiger partial charge in [0.05, 0.1) is 11.6 Å². The number of fused-ring (bicyclic) bond motifs is 1. The number of aryl methyl sites for hydroxylation is 1. The van der Waals surface area contributed by atoms with E-state index in [9.17, 15) is 4.39 Å². The zero-order chi connectivity index (χ0) is 20.5. The Kier molecular flexibility index (Phi) is 5.13. The molecule has 1 fully saturated rings. The summed E-state index contributed by atoms with van der Waals surface area (Å²) >= 11 is 0. The lowest BCUT2D eigenvalue weighted by atomic mass is 9.95. The number of hydrogen-bond donors (Lipinski definition) is 2. The van der Waals surface area contributed by atoms with Gasteiger partial charge in [0.25, 0.3) is 0 Å². The number of aromatic nitrogens is 3. The molecule has 0 spiro atoms. The summed E-state index contributed by atoms with van der Waals surface area (Å²) in [4.78, 5) is 7.14. The first-order valence-corrected chi connectivity index (χ1v) is 10.1. The van der Waals surface area contributed by atoms with Gasteiger partial charge in [-0.3, -0.25) is 0 Å². The average Bonchev–Trinajstić information content (AvgIpc) is 3.33. The van der Waals surface area contributed by atoms with Gasteiger partial charge in [0.2, 0.25) is 0 Å². The molecule has 0 amide bonds. The Labute approximate surface area is 170 Å². The molecule has 1 aliphatic heterocycles. The first-order valence-electron chi connectivity index (χ1n) is 10.1. The Balaban J connectivity index is 1.78. The summed E-state index contributed by atoms with van der Waals surface area (Å²) in [5, 5.41) is 7.53. The van der Waals surface area contributed by atoms with Gasteiger partial charge >= 0.3 is 0 Å². The van der Waals surface area contributed by atoms with Crippen LogP contribution in [0.2, 0.25) is 0 Å². The van der Waals surface area contributed by atoms with Gasteiger partial charge in [0, 0.05) is 25.5 Å². The van der Waals surface area contributed by atoms with Crippen LogP contribution in [0.4, 0.5) is 16.0 Å². The first-order chi connectivity index (χ1) is 14.0. The summed E-state index contributed by atoms with van der Waals surface area (Å²) in [7, 11) is 1.80. The molecular formula is C22H27FN6. The number of halogens is 1. The molecule has 0 unspecified atom stereocenters. The SMILES string of the molecule is C=C(N)c1c(NC)nn2ccc(N3CCC[C@@H]3c3cc(F)ccc3CCC)nc12. The van der Waals surface area contributed by atoms with Crippen molar-refractivity contribution in [3.05, 3.63) is 59.5 Å². The van der Waals surface area contributed by atoms with Gasteiger partial charge in [-0.2, -0.15) is 0 Å². The molecule has 7 heteroatoms. The number of nitrogens with two attached hydrogens (primary N) is 1. The molecule has 6 nitrogen and oxygen atoms in total. The fourth-order valence-corrected chi connectivity index (χ4v) is 4.29. The zero-order valence-corrected chi connectivity index (χ0v) is 17.0. The third-order valence-corrected chi connectivity index (χ3v) is 5.56. The first kappa shape index (κ1) is 19.2. The second-order valence-electron chi connectivity index (χ2n) is 7.50. The molecular weight excluding hydrogens is 367 g/mol. The van der Waals surface area contributed by atoms with E-state index in [1.165, 1.54) is 5.56 Å². The van der Waals surface area contributed by atoms with Crippen LogP contribution in [0.15, 0.2) is 37.0 Å². The third-order valence-electron chi connectivity index (χ3n) is 5.56. The molecule has 3 aromatic rings. The summed E-state index contributed by atoms with van der Waals surface area (Å²) < 4.78 is 15.8. The summed E-state index contributed by atoms with van der Waals surface area (Å²) in [6, 6.07) is 7.24. The maximum atomic E-state index is 14.1. The lowest BCUT2D eigenvalue weighted by Crippen LogP contribution is -2.25. The summed E-state index contributed by atoms with van der Waals surface area (Å²) in [5.41, 5.74) is 10.1. The van der Waals surface area contributed by atoms with Crippen LogP contribution in [0, 0.1) is 5.82 Å². The van der Waals surface area contributed by atoms with E-state index in [2.05, 4.69) is 28.8 Å². The Morgan fingerprint density at radius 2 is 2.21 bits per heavy atom. The molecule has 3 heterocycles. The van der Waals surface area contributed by atoms with Crippen molar-refractivity contribution in [3.8, 4) is 0 Å². The van der Waals surface area contributed by atoms with E-state index in [0.29, 0.717) is 22.7 Å². The Morgan fingerprint density at radius 3 is 2.93 bits per heavy atom. The topological polar surface area (TPSA) is 71.5 Å². The van der Waals surface area contributed by atoms with Crippen molar-refractivity contribution in [2.45, 2.75) is 38.6 Å². The van der Waals surface area contributed by atoms with Crippen LogP contribution in [0.25, 0.3) is 11.3 Å². The van der Waals surface area contributed by atoms with Crippen LogP contribution in [-0.4, -0.2) is 28.2 Å². The van der Waals surface area contributed by atoms with E-state index in [-0.39, 0.29) is 11.9 Å². The number of benzene rings is 1. The minimum Gasteiger partial charge on any atom is -0.398 e. The molecule has 1 atom stereocenters. The predicted molar refractivity (Wildman–Crippen MR) is 115 cm³/mol. The van der Waals surface area contributed by atoms with Crippen LogP contribution < -0.4 is 16.0 Å².